The van der Waals surface area contributed by atoms with Gasteiger partial charge >= 0.3 is 185 Å². The van der Waals surface area contributed by atoms with Gasteiger partial charge in [0.25, 0.3) is 0 Å². The monoisotopic (exact) mass is 518 g/mol. The Bertz CT molecular complexity index is 1160. The van der Waals surface area contributed by atoms with Gasteiger partial charge in [0.15, 0.2) is 0 Å². The molecule has 0 N–H and O–H groups in total. The second kappa shape index (κ2) is 8.04. The summed E-state index contributed by atoms with van der Waals surface area (Å²) in [4.78, 5) is 0. The second-order valence-electron chi connectivity index (χ2n) is 8.70. The molecule has 0 spiro atoms. The molecule has 2 aromatic rings. The van der Waals surface area contributed by atoms with Crippen LogP contribution < -0.4 is 24.8 Å². The van der Waals surface area contributed by atoms with Crippen LogP contribution in [-0.4, -0.2) is 0 Å². The number of fused-ring (bicyclic) bond motifs is 6. The van der Waals surface area contributed by atoms with Crippen LogP contribution in [0.4, 0.5) is 0 Å². The van der Waals surface area contributed by atoms with Crippen molar-refractivity contribution in [1.82, 2.24) is 0 Å². The van der Waals surface area contributed by atoms with E-state index in [9.17, 15) is 0 Å². The molecule has 0 saturated heterocycles. The summed E-state index contributed by atoms with van der Waals surface area (Å²) in [6.07, 6.45) is 19.1. The summed E-state index contributed by atoms with van der Waals surface area (Å²) < 4.78 is 0.341. The summed E-state index contributed by atoms with van der Waals surface area (Å²) in [5.41, 5.74) is 11.5. The van der Waals surface area contributed by atoms with Crippen molar-refractivity contribution in [3.8, 4) is 0 Å². The Labute approximate surface area is 208 Å². The summed E-state index contributed by atoms with van der Waals surface area (Å²) in [5, 5.41) is 0. The van der Waals surface area contributed by atoms with Gasteiger partial charge in [-0.05, 0) is 0 Å². The first kappa shape index (κ1) is 22.5. The molecule has 0 saturated carbocycles. The Morgan fingerprint density at radius 3 is 1.48 bits per heavy atom. The standard InChI is InChI=1S/2C14H11.2ClH.Zr/c2*1-10-5-4-8-13-12-7-3-2-6-11(12)9-14(10)13;;;/h2*2-9H,1H3;2*1H;/q;;;;+2/p-2. The molecule has 2 unspecified atom stereocenters. The van der Waals surface area contributed by atoms with Gasteiger partial charge in [-0.2, -0.15) is 0 Å². The second-order valence-corrected chi connectivity index (χ2v) is 14.4. The minimum Gasteiger partial charge on any atom is -1.00 e. The van der Waals surface area contributed by atoms with E-state index in [-0.39, 0.29) is 31.1 Å². The number of hydrogen-bond acceptors (Lipinski definition) is 0. The van der Waals surface area contributed by atoms with Crippen molar-refractivity contribution >= 4 is 23.3 Å². The molecule has 4 aliphatic carbocycles. The first-order chi connectivity index (χ1) is 14.1. The van der Waals surface area contributed by atoms with Gasteiger partial charge in [0, 0.05) is 0 Å². The van der Waals surface area contributed by atoms with Crippen LogP contribution in [0.2, 0.25) is 6.25 Å². The van der Waals surface area contributed by atoms with E-state index in [2.05, 4.69) is 111 Å². The van der Waals surface area contributed by atoms with Gasteiger partial charge in [0.2, 0.25) is 0 Å². The number of halogens is 2. The third-order valence-corrected chi connectivity index (χ3v) is 11.4. The summed E-state index contributed by atoms with van der Waals surface area (Å²) >= 11 is -0.966. The van der Waals surface area contributed by atoms with Gasteiger partial charge in [-0.1, -0.05) is 0 Å². The van der Waals surface area contributed by atoms with E-state index in [4.69, 9.17) is 0 Å². The van der Waals surface area contributed by atoms with Crippen LogP contribution in [0.1, 0.15) is 36.1 Å². The van der Waals surface area contributed by atoms with Crippen molar-refractivity contribution in [2.24, 2.45) is 0 Å². The third kappa shape index (κ3) is 3.37. The number of benzene rings is 2. The first-order valence-corrected chi connectivity index (χ1v) is 12.8. The van der Waals surface area contributed by atoms with Gasteiger partial charge in [0.1, 0.15) is 0 Å². The molecule has 152 valence electrons. The van der Waals surface area contributed by atoms with Crippen molar-refractivity contribution < 1.29 is 48.0 Å². The van der Waals surface area contributed by atoms with E-state index in [0.717, 1.165) is 0 Å². The van der Waals surface area contributed by atoms with Crippen LogP contribution in [0.3, 0.4) is 0 Å². The molecule has 0 heterocycles. The molecule has 0 aliphatic heterocycles. The van der Waals surface area contributed by atoms with Crippen LogP contribution in [0, 0.1) is 0 Å². The Morgan fingerprint density at radius 2 is 1.03 bits per heavy atom. The Hall–Kier alpha value is -1.66. The van der Waals surface area contributed by atoms with E-state index in [0.29, 0.717) is 0 Å². The maximum absolute atomic E-state index is 2.49. The van der Waals surface area contributed by atoms with Crippen molar-refractivity contribution in [3.05, 3.63) is 118 Å². The molecule has 0 radical (unpaired) electrons. The maximum Gasteiger partial charge on any atom is -1.00 e. The average molecular weight is 521 g/mol. The molecule has 2 aromatic carbocycles. The quantitative estimate of drug-likeness (QED) is 0.564. The molecule has 6 rings (SSSR count). The SMILES string of the molecule is C[C]1([Zr+2][C]2(C)C=CC=C3C2=Cc2ccccc23)C=CC=C2C1=Cc1ccccc12.[Cl-].[Cl-]. The summed E-state index contributed by atoms with van der Waals surface area (Å²) in [7, 11) is 0. The number of rotatable bonds is 2. The van der Waals surface area contributed by atoms with Gasteiger partial charge < -0.3 is 24.8 Å². The maximum atomic E-state index is 2.49. The zero-order valence-corrected chi connectivity index (χ0v) is 21.5. The summed E-state index contributed by atoms with van der Waals surface area (Å²) in [6.45, 7) is 4.97. The minimum atomic E-state index is -0.966. The van der Waals surface area contributed by atoms with E-state index < -0.39 is 23.2 Å². The van der Waals surface area contributed by atoms with Crippen molar-refractivity contribution in [1.29, 1.82) is 0 Å². The summed E-state index contributed by atoms with van der Waals surface area (Å²) in [6, 6.07) is 17.7. The summed E-state index contributed by atoms with van der Waals surface area (Å²) in [5.74, 6) is 0. The van der Waals surface area contributed by atoms with Gasteiger partial charge in [0.05, 0.1) is 0 Å². The van der Waals surface area contributed by atoms with Crippen LogP contribution in [-0.2, 0) is 23.2 Å². The van der Waals surface area contributed by atoms with Gasteiger partial charge in [-0.15, -0.1) is 0 Å². The molecular weight excluding hydrogens is 498 g/mol. The topological polar surface area (TPSA) is 0 Å². The number of hydrogen-bond donors (Lipinski definition) is 0. The zero-order chi connectivity index (χ0) is 19.6. The zero-order valence-electron chi connectivity index (χ0n) is 17.5. The average Bonchev–Trinajstić information content (AvgIpc) is 3.29. The molecule has 4 aliphatic rings. The van der Waals surface area contributed by atoms with Gasteiger partial charge in [-0.3, -0.25) is 0 Å². The fourth-order valence-electron chi connectivity index (χ4n) is 5.32. The first-order valence-electron chi connectivity index (χ1n) is 10.3. The Kier molecular flexibility index (Phi) is 5.84. The molecular formula is C28H22Cl2Zr. The fourth-order valence-corrected chi connectivity index (χ4v) is 10.5. The molecule has 0 bridgehead atoms. The van der Waals surface area contributed by atoms with Crippen molar-refractivity contribution in [2.45, 2.75) is 20.1 Å². The van der Waals surface area contributed by atoms with Crippen molar-refractivity contribution in [3.63, 3.8) is 0 Å². The van der Waals surface area contributed by atoms with E-state index in [1.165, 1.54) is 44.5 Å². The smallest absolute Gasteiger partial charge is 1.00 e. The van der Waals surface area contributed by atoms with Crippen LogP contribution in [0.15, 0.2) is 96.1 Å². The largest absolute Gasteiger partial charge is 1.00 e. The third-order valence-electron chi connectivity index (χ3n) is 6.71. The molecule has 0 fully saturated rings. The molecule has 0 aromatic heterocycles. The molecule has 31 heavy (non-hydrogen) atoms. The minimum absolute atomic E-state index is 0. The molecule has 0 nitrogen and oxygen atoms in total. The van der Waals surface area contributed by atoms with Gasteiger partial charge in [-0.25, -0.2) is 0 Å². The van der Waals surface area contributed by atoms with Crippen LogP contribution in [0.25, 0.3) is 23.3 Å². The van der Waals surface area contributed by atoms with E-state index in [1.54, 1.807) is 0 Å². The Morgan fingerprint density at radius 1 is 0.613 bits per heavy atom. The molecule has 2 atom stereocenters. The number of allylic oxidation sites excluding steroid dienone is 10. The normalized spacial score (nSPS) is 25.9. The van der Waals surface area contributed by atoms with Crippen LogP contribution in [0.5, 0.6) is 0 Å². The van der Waals surface area contributed by atoms with Crippen LogP contribution >= 0.6 is 0 Å². The fraction of sp³-hybridized carbons (Fsp3) is 0.143. The van der Waals surface area contributed by atoms with Crippen molar-refractivity contribution in [2.75, 3.05) is 0 Å². The van der Waals surface area contributed by atoms with E-state index >= 15 is 0 Å². The molecule has 0 amide bonds. The Balaban J connectivity index is 0.00000116. The molecule has 3 heteroatoms. The van der Waals surface area contributed by atoms with E-state index in [1.807, 2.05) is 0 Å². The predicted molar refractivity (Wildman–Crippen MR) is 120 cm³/mol. The predicted octanol–water partition coefficient (Wildman–Crippen LogP) is 1.53.